The molecule has 0 spiro atoms. The molecule has 0 amide bonds. The number of nitrogens with one attached hydrogen (secondary N) is 1. The zero-order valence-electron chi connectivity index (χ0n) is 12.8. The summed E-state index contributed by atoms with van der Waals surface area (Å²) in [6.45, 7) is 7.30. The number of aromatic nitrogens is 4. The number of imidazole rings is 1. The first-order valence-corrected chi connectivity index (χ1v) is 7.41. The monoisotopic (exact) mass is 293 g/mol. The largest absolute Gasteiger partial charge is 0.336 e. The molecular formula is C14H23N5O2. The molecule has 0 unspecified atom stereocenters. The van der Waals surface area contributed by atoms with Crippen molar-refractivity contribution in [3.05, 3.63) is 26.7 Å². The number of H-pyrrole nitrogens is 1. The predicted molar refractivity (Wildman–Crippen MR) is 82.5 cm³/mol. The Kier molecular flexibility index (Phi) is 4.62. The van der Waals surface area contributed by atoms with Crippen LogP contribution in [0.5, 0.6) is 0 Å². The maximum absolute atomic E-state index is 12.4. The first kappa shape index (κ1) is 15.5. The lowest BCUT2D eigenvalue weighted by atomic mass is 10.2. The molecule has 3 N–H and O–H groups in total. The molecule has 0 radical (unpaired) electrons. The molecule has 0 saturated heterocycles. The van der Waals surface area contributed by atoms with Crippen LogP contribution in [0, 0.1) is 5.92 Å². The Morgan fingerprint density at radius 2 is 2.00 bits per heavy atom. The highest BCUT2D eigenvalue weighted by molar-refractivity contribution is 5.69. The van der Waals surface area contributed by atoms with Crippen LogP contribution in [0.4, 0.5) is 0 Å². The number of nitrogens with two attached hydrogens (primary N) is 1. The van der Waals surface area contributed by atoms with Crippen molar-refractivity contribution in [1.82, 2.24) is 19.1 Å². The van der Waals surface area contributed by atoms with E-state index in [2.05, 4.69) is 9.97 Å². The van der Waals surface area contributed by atoms with Crippen molar-refractivity contribution in [3.8, 4) is 0 Å². The van der Waals surface area contributed by atoms with Gasteiger partial charge >= 0.3 is 5.69 Å². The van der Waals surface area contributed by atoms with E-state index in [4.69, 9.17) is 5.73 Å². The molecule has 0 bridgehead atoms. The fraction of sp³-hybridized carbons (Fsp3) is 0.643. The molecule has 2 rings (SSSR count). The fourth-order valence-corrected chi connectivity index (χ4v) is 2.41. The van der Waals surface area contributed by atoms with Gasteiger partial charge in [0.05, 0.1) is 0 Å². The zero-order valence-corrected chi connectivity index (χ0v) is 12.8. The predicted octanol–water partition coefficient (Wildman–Crippen LogP) is 0.454. The first-order chi connectivity index (χ1) is 9.99. The van der Waals surface area contributed by atoms with Crippen molar-refractivity contribution in [1.29, 1.82) is 0 Å². The molecule has 0 aliphatic rings. The third kappa shape index (κ3) is 2.92. The Hall–Kier alpha value is -1.89. The van der Waals surface area contributed by atoms with E-state index in [9.17, 15) is 9.59 Å². The quantitative estimate of drug-likeness (QED) is 0.808. The summed E-state index contributed by atoms with van der Waals surface area (Å²) in [4.78, 5) is 32.3. The van der Waals surface area contributed by atoms with Gasteiger partial charge in [-0.1, -0.05) is 13.8 Å². The molecule has 0 saturated carbocycles. The normalized spacial score (nSPS) is 11.7. The van der Waals surface area contributed by atoms with E-state index in [1.165, 1.54) is 4.57 Å². The van der Waals surface area contributed by atoms with Crippen molar-refractivity contribution in [2.75, 3.05) is 6.54 Å². The van der Waals surface area contributed by atoms with E-state index in [1.807, 2.05) is 13.8 Å². The number of fused-ring (bicyclic) bond motifs is 1. The van der Waals surface area contributed by atoms with Crippen molar-refractivity contribution in [2.24, 2.45) is 11.7 Å². The van der Waals surface area contributed by atoms with E-state index >= 15 is 0 Å². The molecule has 0 aliphatic carbocycles. The van der Waals surface area contributed by atoms with Crippen LogP contribution in [0.15, 0.2) is 9.59 Å². The van der Waals surface area contributed by atoms with Gasteiger partial charge in [0.25, 0.3) is 5.56 Å². The lowest BCUT2D eigenvalue weighted by Gasteiger charge is -2.11. The molecule has 0 aromatic carbocycles. The number of aryl methyl sites for hydroxylation is 1. The van der Waals surface area contributed by atoms with Crippen LogP contribution in [0.2, 0.25) is 0 Å². The Morgan fingerprint density at radius 3 is 2.57 bits per heavy atom. The lowest BCUT2D eigenvalue weighted by molar-refractivity contribution is 0.491. The lowest BCUT2D eigenvalue weighted by Crippen LogP contribution is -2.40. The Bertz CT molecular complexity index is 738. The highest BCUT2D eigenvalue weighted by Crippen LogP contribution is 2.09. The molecular weight excluding hydrogens is 270 g/mol. The van der Waals surface area contributed by atoms with Gasteiger partial charge in [-0.2, -0.15) is 0 Å². The number of hydrogen-bond donors (Lipinski definition) is 2. The standard InChI is InChI=1S/C14H23N5O2/c1-4-18-13(20)11-12(17-10(16-11)6-5-7-15)19(14(18)21)8-9(2)3/h9H,4-8,15H2,1-3H3,(H,16,17). The van der Waals surface area contributed by atoms with Crippen LogP contribution < -0.4 is 17.0 Å². The summed E-state index contributed by atoms with van der Waals surface area (Å²) < 4.78 is 2.84. The van der Waals surface area contributed by atoms with Crippen molar-refractivity contribution in [2.45, 2.75) is 46.7 Å². The molecule has 7 nitrogen and oxygen atoms in total. The van der Waals surface area contributed by atoms with Gasteiger partial charge in [0.1, 0.15) is 11.3 Å². The second-order valence-corrected chi connectivity index (χ2v) is 5.61. The Morgan fingerprint density at radius 1 is 1.29 bits per heavy atom. The zero-order chi connectivity index (χ0) is 15.6. The third-order valence-corrected chi connectivity index (χ3v) is 3.39. The highest BCUT2D eigenvalue weighted by atomic mass is 16.2. The summed E-state index contributed by atoms with van der Waals surface area (Å²) in [6, 6.07) is 0. The SMILES string of the molecule is CCn1c(=O)c2[nH]c(CCCN)nc2n(CC(C)C)c1=O. The average molecular weight is 293 g/mol. The maximum atomic E-state index is 12.4. The van der Waals surface area contributed by atoms with E-state index in [-0.39, 0.29) is 17.2 Å². The van der Waals surface area contributed by atoms with E-state index < -0.39 is 0 Å². The van der Waals surface area contributed by atoms with Crippen molar-refractivity contribution < 1.29 is 0 Å². The van der Waals surface area contributed by atoms with Crippen LogP contribution in [0.3, 0.4) is 0 Å². The molecule has 7 heteroatoms. The second-order valence-electron chi connectivity index (χ2n) is 5.61. The summed E-state index contributed by atoms with van der Waals surface area (Å²) in [6.07, 6.45) is 1.46. The van der Waals surface area contributed by atoms with Crippen LogP contribution in [-0.4, -0.2) is 25.6 Å². The first-order valence-electron chi connectivity index (χ1n) is 7.41. The van der Waals surface area contributed by atoms with Gasteiger partial charge in [-0.25, -0.2) is 9.78 Å². The fourth-order valence-electron chi connectivity index (χ4n) is 2.41. The molecule has 0 fully saturated rings. The smallest absolute Gasteiger partial charge is 0.332 e. The van der Waals surface area contributed by atoms with Gasteiger partial charge in [-0.05, 0) is 25.8 Å². The molecule has 0 aliphatic heterocycles. The van der Waals surface area contributed by atoms with Crippen molar-refractivity contribution in [3.63, 3.8) is 0 Å². The summed E-state index contributed by atoms with van der Waals surface area (Å²) in [7, 11) is 0. The van der Waals surface area contributed by atoms with Crippen LogP contribution in [0.25, 0.3) is 11.2 Å². The summed E-state index contributed by atoms with van der Waals surface area (Å²) in [5.74, 6) is 0.996. The number of aromatic amines is 1. The van der Waals surface area contributed by atoms with Crippen LogP contribution >= 0.6 is 0 Å². The van der Waals surface area contributed by atoms with E-state index in [0.717, 1.165) is 6.42 Å². The molecule has 2 aromatic rings. The number of hydrogen-bond acceptors (Lipinski definition) is 4. The second kappa shape index (κ2) is 6.26. The maximum Gasteiger partial charge on any atom is 0.332 e. The third-order valence-electron chi connectivity index (χ3n) is 3.39. The molecule has 2 aromatic heterocycles. The summed E-state index contributed by atoms with van der Waals surface area (Å²) >= 11 is 0. The minimum atomic E-state index is -0.302. The van der Waals surface area contributed by atoms with Crippen LogP contribution in [0.1, 0.15) is 33.0 Å². The molecule has 116 valence electrons. The Balaban J connectivity index is 2.70. The average Bonchev–Trinajstić information content (AvgIpc) is 2.86. The van der Waals surface area contributed by atoms with Gasteiger partial charge in [-0.3, -0.25) is 13.9 Å². The summed E-state index contributed by atoms with van der Waals surface area (Å²) in [5, 5.41) is 0. The van der Waals surface area contributed by atoms with Crippen LogP contribution in [-0.2, 0) is 19.5 Å². The van der Waals surface area contributed by atoms with Gasteiger partial charge in [0, 0.05) is 19.5 Å². The number of rotatable bonds is 6. The molecule has 21 heavy (non-hydrogen) atoms. The molecule has 0 atom stereocenters. The highest BCUT2D eigenvalue weighted by Gasteiger charge is 2.16. The molecule has 2 heterocycles. The van der Waals surface area contributed by atoms with Gasteiger partial charge < -0.3 is 10.7 Å². The minimum Gasteiger partial charge on any atom is -0.336 e. The summed E-state index contributed by atoms with van der Waals surface area (Å²) in [5.41, 5.74) is 5.77. The van der Waals surface area contributed by atoms with E-state index in [0.29, 0.717) is 43.0 Å². The van der Waals surface area contributed by atoms with Gasteiger partial charge in [0.15, 0.2) is 5.65 Å². The minimum absolute atomic E-state index is 0.290. The van der Waals surface area contributed by atoms with Gasteiger partial charge in [-0.15, -0.1) is 0 Å². The van der Waals surface area contributed by atoms with Crippen molar-refractivity contribution >= 4 is 11.2 Å². The Labute approximate surface area is 122 Å². The topological polar surface area (TPSA) is 98.7 Å². The van der Waals surface area contributed by atoms with Gasteiger partial charge in [0.2, 0.25) is 0 Å². The van der Waals surface area contributed by atoms with E-state index in [1.54, 1.807) is 11.5 Å². The number of nitrogens with zero attached hydrogens (tertiary/aromatic N) is 3.